The van der Waals surface area contributed by atoms with E-state index in [1.807, 2.05) is 0 Å². The standard InChI is InChI=1S/C7H16N2/c8-5-6-3-1-2-4-7(6)9/h6-7H,1-5,8-9H2/t6-,7-/m0/s1. The maximum atomic E-state index is 5.81. The Labute approximate surface area is 56.6 Å². The molecule has 0 aromatic heterocycles. The number of hydrogen-bond acceptors (Lipinski definition) is 2. The zero-order valence-electron chi connectivity index (χ0n) is 5.84. The van der Waals surface area contributed by atoms with Crippen molar-refractivity contribution in [3.05, 3.63) is 0 Å². The molecule has 0 unspecified atom stereocenters. The lowest BCUT2D eigenvalue weighted by Crippen LogP contribution is -2.37. The number of hydrogen-bond donors (Lipinski definition) is 2. The smallest absolute Gasteiger partial charge is 0.00792 e. The molecular formula is C7H16N2. The van der Waals surface area contributed by atoms with Crippen LogP contribution in [-0.4, -0.2) is 12.6 Å². The second kappa shape index (κ2) is 3.18. The molecule has 0 heterocycles. The summed E-state index contributed by atoms with van der Waals surface area (Å²) in [6, 6.07) is 0.392. The Morgan fingerprint density at radius 3 is 2.33 bits per heavy atom. The van der Waals surface area contributed by atoms with Crippen molar-refractivity contribution in [1.82, 2.24) is 0 Å². The molecule has 1 fully saturated rings. The van der Waals surface area contributed by atoms with Gasteiger partial charge in [0.05, 0.1) is 0 Å². The minimum absolute atomic E-state index is 0.392. The van der Waals surface area contributed by atoms with Crippen LogP contribution in [0.5, 0.6) is 0 Å². The van der Waals surface area contributed by atoms with Crippen LogP contribution in [0.25, 0.3) is 0 Å². The van der Waals surface area contributed by atoms with Crippen LogP contribution >= 0.6 is 0 Å². The van der Waals surface area contributed by atoms with E-state index in [1.165, 1.54) is 25.7 Å². The first-order chi connectivity index (χ1) is 4.34. The van der Waals surface area contributed by atoms with Crippen molar-refractivity contribution in [2.75, 3.05) is 6.54 Å². The lowest BCUT2D eigenvalue weighted by atomic mass is 9.85. The molecule has 2 nitrogen and oxygen atoms in total. The van der Waals surface area contributed by atoms with E-state index >= 15 is 0 Å². The van der Waals surface area contributed by atoms with Crippen molar-refractivity contribution < 1.29 is 0 Å². The van der Waals surface area contributed by atoms with Crippen LogP contribution in [0.15, 0.2) is 0 Å². The van der Waals surface area contributed by atoms with Gasteiger partial charge in [-0.3, -0.25) is 0 Å². The predicted octanol–water partition coefficient (Wildman–Crippen LogP) is 0.463. The quantitative estimate of drug-likeness (QED) is 0.539. The monoisotopic (exact) mass is 128 g/mol. The van der Waals surface area contributed by atoms with Crippen LogP contribution in [0.4, 0.5) is 0 Å². The molecule has 0 spiro atoms. The van der Waals surface area contributed by atoms with E-state index in [0.717, 1.165) is 6.54 Å². The zero-order chi connectivity index (χ0) is 6.69. The summed E-state index contributed by atoms with van der Waals surface area (Å²) >= 11 is 0. The highest BCUT2D eigenvalue weighted by Gasteiger charge is 2.19. The van der Waals surface area contributed by atoms with Gasteiger partial charge in [0.15, 0.2) is 0 Å². The molecule has 1 saturated carbocycles. The highest BCUT2D eigenvalue weighted by atomic mass is 14.7. The maximum absolute atomic E-state index is 5.81. The molecule has 4 N–H and O–H groups in total. The highest BCUT2D eigenvalue weighted by molar-refractivity contribution is 4.77. The molecule has 0 amide bonds. The minimum Gasteiger partial charge on any atom is -0.330 e. The van der Waals surface area contributed by atoms with Gasteiger partial charge < -0.3 is 11.5 Å². The summed E-state index contributed by atoms with van der Waals surface area (Å²) in [5.41, 5.74) is 11.3. The summed E-state index contributed by atoms with van der Waals surface area (Å²) in [6.45, 7) is 0.779. The van der Waals surface area contributed by atoms with Crippen molar-refractivity contribution in [1.29, 1.82) is 0 Å². The van der Waals surface area contributed by atoms with Gasteiger partial charge in [-0.15, -0.1) is 0 Å². The SMILES string of the molecule is NC[C@@H]1CCCC[C@@H]1N. The van der Waals surface area contributed by atoms with Crippen LogP contribution in [0.3, 0.4) is 0 Å². The van der Waals surface area contributed by atoms with E-state index in [9.17, 15) is 0 Å². The van der Waals surface area contributed by atoms with Crippen molar-refractivity contribution in [3.63, 3.8) is 0 Å². The van der Waals surface area contributed by atoms with Gasteiger partial charge in [-0.1, -0.05) is 12.8 Å². The van der Waals surface area contributed by atoms with Gasteiger partial charge in [-0.05, 0) is 25.3 Å². The molecular weight excluding hydrogens is 112 g/mol. The summed E-state index contributed by atoms with van der Waals surface area (Å²) in [7, 11) is 0. The first kappa shape index (κ1) is 7.03. The Morgan fingerprint density at radius 2 is 1.89 bits per heavy atom. The molecule has 0 aromatic rings. The van der Waals surface area contributed by atoms with Gasteiger partial charge in [0.25, 0.3) is 0 Å². The molecule has 1 rings (SSSR count). The summed E-state index contributed by atoms with van der Waals surface area (Å²) < 4.78 is 0. The fraction of sp³-hybridized carbons (Fsp3) is 1.00. The third kappa shape index (κ3) is 1.66. The van der Waals surface area contributed by atoms with E-state index in [4.69, 9.17) is 11.5 Å². The molecule has 9 heavy (non-hydrogen) atoms. The average molecular weight is 128 g/mol. The molecule has 2 atom stereocenters. The van der Waals surface area contributed by atoms with E-state index < -0.39 is 0 Å². The lowest BCUT2D eigenvalue weighted by Gasteiger charge is -2.26. The second-order valence-corrected chi connectivity index (χ2v) is 2.94. The molecule has 0 radical (unpaired) electrons. The largest absolute Gasteiger partial charge is 0.330 e. The summed E-state index contributed by atoms with van der Waals surface area (Å²) in [5.74, 6) is 0.610. The summed E-state index contributed by atoms with van der Waals surface area (Å²) in [5, 5.41) is 0. The van der Waals surface area contributed by atoms with E-state index in [-0.39, 0.29) is 0 Å². The zero-order valence-corrected chi connectivity index (χ0v) is 5.84. The maximum Gasteiger partial charge on any atom is 0.00792 e. The summed E-state index contributed by atoms with van der Waals surface area (Å²) in [6.07, 6.45) is 5.06. The molecule has 0 saturated heterocycles. The third-order valence-corrected chi connectivity index (χ3v) is 2.27. The molecule has 2 heteroatoms. The Morgan fingerprint density at radius 1 is 1.22 bits per heavy atom. The molecule has 1 aliphatic rings. The topological polar surface area (TPSA) is 52.0 Å². The van der Waals surface area contributed by atoms with Gasteiger partial charge in [0.1, 0.15) is 0 Å². The van der Waals surface area contributed by atoms with Crippen molar-refractivity contribution in [3.8, 4) is 0 Å². The Kier molecular flexibility index (Phi) is 2.49. The Balaban J connectivity index is 2.30. The fourth-order valence-corrected chi connectivity index (χ4v) is 1.53. The number of nitrogens with two attached hydrogens (primary N) is 2. The normalized spacial score (nSPS) is 36.7. The van der Waals surface area contributed by atoms with Gasteiger partial charge in [-0.2, -0.15) is 0 Å². The molecule has 1 aliphatic carbocycles. The van der Waals surface area contributed by atoms with E-state index in [0.29, 0.717) is 12.0 Å². The van der Waals surface area contributed by atoms with Gasteiger partial charge >= 0.3 is 0 Å². The first-order valence-electron chi connectivity index (χ1n) is 3.80. The predicted molar refractivity (Wildman–Crippen MR) is 39.0 cm³/mol. The Hall–Kier alpha value is -0.0800. The average Bonchev–Trinajstić information content (AvgIpc) is 1.89. The highest BCUT2D eigenvalue weighted by Crippen LogP contribution is 2.21. The molecule has 0 bridgehead atoms. The van der Waals surface area contributed by atoms with Crippen LogP contribution in [0, 0.1) is 5.92 Å². The molecule has 0 aromatic carbocycles. The third-order valence-electron chi connectivity index (χ3n) is 2.27. The second-order valence-electron chi connectivity index (χ2n) is 2.94. The van der Waals surface area contributed by atoms with Crippen LogP contribution in [0.2, 0.25) is 0 Å². The van der Waals surface area contributed by atoms with Crippen LogP contribution in [-0.2, 0) is 0 Å². The van der Waals surface area contributed by atoms with Crippen LogP contribution < -0.4 is 11.5 Å². The van der Waals surface area contributed by atoms with Crippen LogP contribution in [0.1, 0.15) is 25.7 Å². The molecule has 54 valence electrons. The van der Waals surface area contributed by atoms with Crippen molar-refractivity contribution >= 4 is 0 Å². The fourth-order valence-electron chi connectivity index (χ4n) is 1.53. The Bertz CT molecular complexity index is 83.0. The van der Waals surface area contributed by atoms with Crippen molar-refractivity contribution in [2.24, 2.45) is 17.4 Å². The molecule has 0 aliphatic heterocycles. The van der Waals surface area contributed by atoms with Crippen molar-refractivity contribution in [2.45, 2.75) is 31.7 Å². The van der Waals surface area contributed by atoms with Gasteiger partial charge in [0, 0.05) is 6.04 Å². The first-order valence-corrected chi connectivity index (χ1v) is 3.80. The lowest BCUT2D eigenvalue weighted by molar-refractivity contribution is 0.315. The van der Waals surface area contributed by atoms with Gasteiger partial charge in [-0.25, -0.2) is 0 Å². The van der Waals surface area contributed by atoms with Gasteiger partial charge in [0.2, 0.25) is 0 Å². The van der Waals surface area contributed by atoms with E-state index in [2.05, 4.69) is 0 Å². The minimum atomic E-state index is 0.392. The van der Waals surface area contributed by atoms with E-state index in [1.54, 1.807) is 0 Å². The summed E-state index contributed by atoms with van der Waals surface area (Å²) in [4.78, 5) is 0. The number of rotatable bonds is 1.